The summed E-state index contributed by atoms with van der Waals surface area (Å²) in [5.74, 6) is 3.01. The van der Waals surface area contributed by atoms with E-state index in [2.05, 4.69) is 43.4 Å². The monoisotopic (exact) mass is 283 g/mol. The molecule has 2 aliphatic rings. The molecule has 0 aliphatic heterocycles. The van der Waals surface area contributed by atoms with Crippen molar-refractivity contribution >= 4 is 11.0 Å². The van der Waals surface area contributed by atoms with Crippen molar-refractivity contribution in [3.63, 3.8) is 0 Å². The molecule has 1 atom stereocenters. The van der Waals surface area contributed by atoms with Crippen molar-refractivity contribution < 1.29 is 4.42 Å². The fraction of sp³-hybridized carbons (Fsp3) is 0.579. The molecule has 1 unspecified atom stereocenters. The van der Waals surface area contributed by atoms with E-state index in [1.807, 2.05) is 0 Å². The molecule has 2 fully saturated rings. The second kappa shape index (κ2) is 5.17. The molecule has 1 N–H and O–H groups in total. The lowest BCUT2D eigenvalue weighted by Crippen LogP contribution is -2.35. The molecular weight excluding hydrogens is 258 g/mol. The average molecular weight is 283 g/mol. The molecule has 112 valence electrons. The number of furan rings is 1. The van der Waals surface area contributed by atoms with Gasteiger partial charge in [-0.3, -0.25) is 0 Å². The van der Waals surface area contributed by atoms with Crippen LogP contribution in [0.15, 0.2) is 28.7 Å². The normalized spacial score (nSPS) is 20.3. The van der Waals surface area contributed by atoms with Crippen LogP contribution in [0.3, 0.4) is 0 Å². The number of aryl methyl sites for hydroxylation is 1. The highest BCUT2D eigenvalue weighted by atomic mass is 16.3. The summed E-state index contributed by atoms with van der Waals surface area (Å²) in [7, 11) is 0. The second-order valence-corrected chi connectivity index (χ2v) is 6.88. The van der Waals surface area contributed by atoms with Crippen LogP contribution in [0.4, 0.5) is 0 Å². The van der Waals surface area contributed by atoms with Gasteiger partial charge in [0.05, 0.1) is 6.04 Å². The molecule has 1 aromatic carbocycles. The Balaban J connectivity index is 1.62. The zero-order valence-corrected chi connectivity index (χ0v) is 13.1. The number of nitrogens with one attached hydrogen (secondary N) is 1. The maximum Gasteiger partial charge on any atom is 0.134 e. The van der Waals surface area contributed by atoms with Crippen LogP contribution in [0, 0.1) is 11.8 Å². The molecule has 2 saturated carbocycles. The lowest BCUT2D eigenvalue weighted by Gasteiger charge is -2.22. The zero-order chi connectivity index (χ0) is 14.4. The first kappa shape index (κ1) is 13.4. The molecule has 4 rings (SSSR count). The largest absolute Gasteiger partial charge is 0.459 e. The number of rotatable bonds is 6. The summed E-state index contributed by atoms with van der Waals surface area (Å²) >= 11 is 0. The molecule has 1 heterocycles. The average Bonchev–Trinajstić information content (AvgIpc) is 3.40. The predicted octanol–water partition coefficient (Wildman–Crippen LogP) is 4.83. The molecule has 2 aliphatic carbocycles. The predicted molar refractivity (Wildman–Crippen MR) is 86.4 cm³/mol. The van der Waals surface area contributed by atoms with E-state index in [1.54, 1.807) is 0 Å². The molecule has 21 heavy (non-hydrogen) atoms. The van der Waals surface area contributed by atoms with Gasteiger partial charge in [-0.05, 0) is 56.9 Å². The van der Waals surface area contributed by atoms with E-state index in [0.29, 0.717) is 6.04 Å². The van der Waals surface area contributed by atoms with E-state index in [1.165, 1.54) is 36.6 Å². The lowest BCUT2D eigenvalue weighted by atomic mass is 10.0. The summed E-state index contributed by atoms with van der Waals surface area (Å²) in [6, 6.07) is 9.48. The molecule has 0 saturated heterocycles. The lowest BCUT2D eigenvalue weighted by molar-refractivity contribution is 0.346. The smallest absolute Gasteiger partial charge is 0.134 e. The van der Waals surface area contributed by atoms with Gasteiger partial charge in [0, 0.05) is 17.0 Å². The van der Waals surface area contributed by atoms with Gasteiger partial charge >= 0.3 is 0 Å². The van der Waals surface area contributed by atoms with Crippen LogP contribution in [0.25, 0.3) is 11.0 Å². The van der Waals surface area contributed by atoms with Crippen LogP contribution in [-0.4, -0.2) is 6.04 Å². The Kier molecular flexibility index (Phi) is 3.30. The van der Waals surface area contributed by atoms with Crippen LogP contribution in [0.2, 0.25) is 0 Å². The van der Waals surface area contributed by atoms with Crippen LogP contribution in [-0.2, 0) is 6.42 Å². The SMILES string of the molecule is CCc1c(C(C)NC(C2CC2)C2CC2)oc2ccccc12. The minimum Gasteiger partial charge on any atom is -0.459 e. The van der Waals surface area contributed by atoms with Crippen molar-refractivity contribution in [3.05, 3.63) is 35.6 Å². The molecule has 0 radical (unpaired) electrons. The Bertz CT molecular complexity index is 624. The number of para-hydroxylation sites is 1. The standard InChI is InChI=1S/C19H25NO/c1-3-15-16-6-4-5-7-17(16)21-19(15)12(2)20-18(13-8-9-13)14-10-11-14/h4-7,12-14,18,20H,3,8-11H2,1-2H3. The Morgan fingerprint density at radius 3 is 2.43 bits per heavy atom. The number of benzene rings is 1. The maximum absolute atomic E-state index is 6.19. The summed E-state index contributed by atoms with van der Waals surface area (Å²) < 4.78 is 6.19. The molecule has 0 spiro atoms. The summed E-state index contributed by atoms with van der Waals surface area (Å²) in [6.45, 7) is 4.50. The van der Waals surface area contributed by atoms with E-state index >= 15 is 0 Å². The van der Waals surface area contributed by atoms with Crippen molar-refractivity contribution in [3.8, 4) is 0 Å². The summed E-state index contributed by atoms with van der Waals surface area (Å²) in [6.07, 6.45) is 6.71. The van der Waals surface area contributed by atoms with Gasteiger partial charge in [0.25, 0.3) is 0 Å². The molecule has 2 nitrogen and oxygen atoms in total. The van der Waals surface area contributed by atoms with Crippen molar-refractivity contribution in [1.82, 2.24) is 5.32 Å². The molecular formula is C19H25NO. The van der Waals surface area contributed by atoms with Gasteiger partial charge < -0.3 is 9.73 Å². The van der Waals surface area contributed by atoms with E-state index < -0.39 is 0 Å². The first-order valence-electron chi connectivity index (χ1n) is 8.54. The Labute approximate surface area is 126 Å². The Morgan fingerprint density at radius 2 is 1.81 bits per heavy atom. The third kappa shape index (κ3) is 2.50. The minimum atomic E-state index is 0.318. The van der Waals surface area contributed by atoms with E-state index in [4.69, 9.17) is 4.42 Å². The number of fused-ring (bicyclic) bond motifs is 1. The van der Waals surface area contributed by atoms with Crippen molar-refractivity contribution in [1.29, 1.82) is 0 Å². The van der Waals surface area contributed by atoms with Crippen molar-refractivity contribution in [2.45, 2.75) is 58.0 Å². The molecule has 2 heteroatoms. The van der Waals surface area contributed by atoms with Gasteiger partial charge in [0.15, 0.2) is 0 Å². The minimum absolute atomic E-state index is 0.318. The van der Waals surface area contributed by atoms with Gasteiger partial charge in [-0.15, -0.1) is 0 Å². The zero-order valence-electron chi connectivity index (χ0n) is 13.1. The Hall–Kier alpha value is -1.28. The van der Waals surface area contributed by atoms with Gasteiger partial charge in [-0.25, -0.2) is 0 Å². The fourth-order valence-electron chi connectivity index (χ4n) is 3.76. The van der Waals surface area contributed by atoms with Crippen LogP contribution in [0.5, 0.6) is 0 Å². The topological polar surface area (TPSA) is 25.2 Å². The summed E-state index contributed by atoms with van der Waals surface area (Å²) in [5, 5.41) is 5.19. The molecule has 0 amide bonds. The van der Waals surface area contributed by atoms with Crippen LogP contribution >= 0.6 is 0 Å². The highest BCUT2D eigenvalue weighted by Gasteiger charge is 2.42. The highest BCUT2D eigenvalue weighted by Crippen LogP contribution is 2.45. The van der Waals surface area contributed by atoms with Gasteiger partial charge in [0.1, 0.15) is 11.3 Å². The van der Waals surface area contributed by atoms with Gasteiger partial charge in [-0.2, -0.15) is 0 Å². The number of hydrogen-bond acceptors (Lipinski definition) is 2. The van der Waals surface area contributed by atoms with Crippen molar-refractivity contribution in [2.75, 3.05) is 0 Å². The van der Waals surface area contributed by atoms with E-state index in [9.17, 15) is 0 Å². The maximum atomic E-state index is 6.19. The van der Waals surface area contributed by atoms with E-state index in [0.717, 1.165) is 35.6 Å². The first-order valence-corrected chi connectivity index (χ1v) is 8.54. The third-order valence-corrected chi connectivity index (χ3v) is 5.18. The fourth-order valence-corrected chi connectivity index (χ4v) is 3.76. The molecule has 2 aromatic rings. The summed E-state index contributed by atoms with van der Waals surface area (Å²) in [4.78, 5) is 0. The Morgan fingerprint density at radius 1 is 1.14 bits per heavy atom. The van der Waals surface area contributed by atoms with Gasteiger partial charge in [0.2, 0.25) is 0 Å². The van der Waals surface area contributed by atoms with Crippen LogP contribution in [0.1, 0.15) is 56.9 Å². The molecule has 0 bridgehead atoms. The van der Waals surface area contributed by atoms with Crippen molar-refractivity contribution in [2.24, 2.45) is 11.8 Å². The number of hydrogen-bond donors (Lipinski definition) is 1. The second-order valence-electron chi connectivity index (χ2n) is 6.88. The quantitative estimate of drug-likeness (QED) is 0.821. The highest BCUT2D eigenvalue weighted by molar-refractivity contribution is 5.82. The van der Waals surface area contributed by atoms with E-state index in [-0.39, 0.29) is 0 Å². The third-order valence-electron chi connectivity index (χ3n) is 5.18. The van der Waals surface area contributed by atoms with Gasteiger partial charge in [-0.1, -0.05) is 25.1 Å². The van der Waals surface area contributed by atoms with Crippen LogP contribution < -0.4 is 5.32 Å². The summed E-state index contributed by atoms with van der Waals surface area (Å²) in [5.41, 5.74) is 2.42. The molecule has 1 aromatic heterocycles. The first-order chi connectivity index (χ1) is 10.3.